The molecule has 20 heavy (non-hydrogen) atoms. The minimum Gasteiger partial charge on any atom is -0.397 e. The molecular formula is C13H20ClN3O2S. The number of hydrogen-bond acceptors (Lipinski definition) is 4. The quantitative estimate of drug-likeness (QED) is 0.841. The highest BCUT2D eigenvalue weighted by molar-refractivity contribution is 7.89. The van der Waals surface area contributed by atoms with Crippen LogP contribution in [0.3, 0.4) is 0 Å². The number of rotatable bonds is 2. The van der Waals surface area contributed by atoms with Gasteiger partial charge in [-0.15, -0.1) is 0 Å². The normalized spacial score (nSPS) is 18.9. The van der Waals surface area contributed by atoms with Crippen molar-refractivity contribution in [3.63, 3.8) is 0 Å². The van der Waals surface area contributed by atoms with Crippen LogP contribution in [-0.2, 0) is 10.0 Å². The number of hydrogen-bond donors (Lipinski definition) is 1. The van der Waals surface area contributed by atoms with Gasteiger partial charge in [0.1, 0.15) is 0 Å². The third-order valence-corrected chi connectivity index (χ3v) is 5.97. The summed E-state index contributed by atoms with van der Waals surface area (Å²) in [6, 6.07) is 3.03. The Hall–Kier alpha value is -0.820. The third-order valence-electron chi connectivity index (χ3n) is 3.57. The van der Waals surface area contributed by atoms with E-state index in [0.29, 0.717) is 29.4 Å². The lowest BCUT2D eigenvalue weighted by Gasteiger charge is -2.21. The van der Waals surface area contributed by atoms with E-state index in [1.807, 2.05) is 7.05 Å². The van der Waals surface area contributed by atoms with Gasteiger partial charge in [-0.25, -0.2) is 8.42 Å². The first-order valence-electron chi connectivity index (χ1n) is 6.56. The number of halogens is 1. The highest BCUT2D eigenvalue weighted by atomic mass is 35.5. The summed E-state index contributed by atoms with van der Waals surface area (Å²) in [4.78, 5) is 2.36. The SMILES string of the molecule is Cc1cc(S(=O)(=O)N2CCCN(C)CC2)cc(N)c1Cl. The minimum atomic E-state index is -3.50. The molecule has 1 saturated heterocycles. The van der Waals surface area contributed by atoms with Crippen LogP contribution in [0.15, 0.2) is 17.0 Å². The molecule has 2 rings (SSSR count). The zero-order chi connectivity index (χ0) is 14.9. The van der Waals surface area contributed by atoms with E-state index in [0.717, 1.165) is 19.5 Å². The molecule has 0 radical (unpaired) electrons. The lowest BCUT2D eigenvalue weighted by molar-refractivity contribution is 0.347. The summed E-state index contributed by atoms with van der Waals surface area (Å²) in [6.07, 6.45) is 0.831. The molecule has 0 unspecified atom stereocenters. The molecule has 0 aliphatic carbocycles. The zero-order valence-electron chi connectivity index (χ0n) is 11.8. The number of nitrogens with zero attached hydrogens (tertiary/aromatic N) is 2. The second kappa shape index (κ2) is 5.89. The summed E-state index contributed by atoms with van der Waals surface area (Å²) in [5.41, 5.74) is 6.76. The summed E-state index contributed by atoms with van der Waals surface area (Å²) >= 11 is 5.99. The Morgan fingerprint density at radius 2 is 1.90 bits per heavy atom. The molecule has 0 bridgehead atoms. The fourth-order valence-electron chi connectivity index (χ4n) is 2.32. The van der Waals surface area contributed by atoms with Gasteiger partial charge in [-0.3, -0.25) is 0 Å². The number of benzene rings is 1. The maximum Gasteiger partial charge on any atom is 0.243 e. The third kappa shape index (κ3) is 3.09. The first-order valence-corrected chi connectivity index (χ1v) is 8.38. The molecule has 1 aliphatic heterocycles. The second-order valence-corrected chi connectivity index (χ2v) is 7.52. The second-order valence-electron chi connectivity index (χ2n) is 5.20. The van der Waals surface area contributed by atoms with Crippen molar-refractivity contribution >= 4 is 27.3 Å². The molecule has 0 spiro atoms. The van der Waals surface area contributed by atoms with Crippen molar-refractivity contribution in [1.82, 2.24) is 9.21 Å². The topological polar surface area (TPSA) is 66.6 Å². The molecule has 1 fully saturated rings. The van der Waals surface area contributed by atoms with Gasteiger partial charge < -0.3 is 10.6 Å². The van der Waals surface area contributed by atoms with E-state index in [4.69, 9.17) is 17.3 Å². The Kier molecular flexibility index (Phi) is 4.59. The molecule has 7 heteroatoms. The van der Waals surface area contributed by atoms with Crippen LogP contribution in [0.25, 0.3) is 0 Å². The van der Waals surface area contributed by atoms with Crippen LogP contribution in [0.1, 0.15) is 12.0 Å². The van der Waals surface area contributed by atoms with Gasteiger partial charge in [0.15, 0.2) is 0 Å². The lowest BCUT2D eigenvalue weighted by atomic mass is 10.2. The van der Waals surface area contributed by atoms with E-state index < -0.39 is 10.0 Å². The van der Waals surface area contributed by atoms with E-state index >= 15 is 0 Å². The van der Waals surface area contributed by atoms with Gasteiger partial charge in [0, 0.05) is 19.6 Å². The highest BCUT2D eigenvalue weighted by Crippen LogP contribution is 2.28. The van der Waals surface area contributed by atoms with Crippen molar-refractivity contribution in [2.75, 3.05) is 39.0 Å². The van der Waals surface area contributed by atoms with Crippen molar-refractivity contribution in [3.05, 3.63) is 22.7 Å². The number of nitrogens with two attached hydrogens (primary N) is 1. The van der Waals surface area contributed by atoms with Crippen LogP contribution in [0.2, 0.25) is 5.02 Å². The summed E-state index contributed by atoms with van der Waals surface area (Å²) in [5.74, 6) is 0. The van der Waals surface area contributed by atoms with Crippen molar-refractivity contribution in [2.45, 2.75) is 18.2 Å². The van der Waals surface area contributed by atoms with E-state index in [9.17, 15) is 8.42 Å². The number of sulfonamides is 1. The molecule has 112 valence electrons. The number of likely N-dealkylation sites (N-methyl/N-ethyl adjacent to an activating group) is 1. The fraction of sp³-hybridized carbons (Fsp3) is 0.538. The van der Waals surface area contributed by atoms with Gasteiger partial charge in [-0.05, 0) is 44.6 Å². The fourth-order valence-corrected chi connectivity index (χ4v) is 4.02. The van der Waals surface area contributed by atoms with Crippen LogP contribution in [0, 0.1) is 6.92 Å². The van der Waals surface area contributed by atoms with Crippen molar-refractivity contribution in [2.24, 2.45) is 0 Å². The number of anilines is 1. The summed E-state index contributed by atoms with van der Waals surface area (Å²) in [5, 5.41) is 0.416. The molecule has 0 atom stereocenters. The van der Waals surface area contributed by atoms with Crippen LogP contribution < -0.4 is 5.73 Å². The lowest BCUT2D eigenvalue weighted by Crippen LogP contribution is -2.34. The maximum atomic E-state index is 12.7. The molecule has 1 aromatic carbocycles. The average molecular weight is 318 g/mol. The van der Waals surface area contributed by atoms with Crippen LogP contribution in [-0.4, -0.2) is 50.8 Å². The Morgan fingerprint density at radius 3 is 2.55 bits per heavy atom. The molecule has 0 saturated carbocycles. The van der Waals surface area contributed by atoms with Crippen molar-refractivity contribution in [1.29, 1.82) is 0 Å². The van der Waals surface area contributed by atoms with Crippen molar-refractivity contribution < 1.29 is 8.42 Å². The Balaban J connectivity index is 2.35. The van der Waals surface area contributed by atoms with E-state index in [-0.39, 0.29) is 4.90 Å². The van der Waals surface area contributed by atoms with Gasteiger partial charge >= 0.3 is 0 Å². The van der Waals surface area contributed by atoms with Gasteiger partial charge in [0.2, 0.25) is 10.0 Å². The van der Waals surface area contributed by atoms with Gasteiger partial charge in [-0.1, -0.05) is 11.6 Å². The summed E-state index contributed by atoms with van der Waals surface area (Å²) < 4.78 is 26.9. The predicted molar refractivity (Wildman–Crippen MR) is 81.5 cm³/mol. The molecule has 1 aliphatic rings. The van der Waals surface area contributed by atoms with Gasteiger partial charge in [-0.2, -0.15) is 4.31 Å². The molecule has 1 aromatic rings. The Labute approximate surface area is 125 Å². The molecule has 2 N–H and O–H groups in total. The minimum absolute atomic E-state index is 0.224. The predicted octanol–water partition coefficient (Wildman–Crippen LogP) is 1.56. The Morgan fingerprint density at radius 1 is 1.20 bits per heavy atom. The molecule has 0 aromatic heterocycles. The smallest absolute Gasteiger partial charge is 0.243 e. The monoisotopic (exact) mass is 317 g/mol. The molecular weight excluding hydrogens is 298 g/mol. The first-order chi connectivity index (χ1) is 9.32. The van der Waals surface area contributed by atoms with E-state index in [1.54, 1.807) is 13.0 Å². The van der Waals surface area contributed by atoms with Crippen LogP contribution in [0.5, 0.6) is 0 Å². The Bertz CT molecular complexity index is 581. The van der Waals surface area contributed by atoms with Crippen LogP contribution in [0.4, 0.5) is 5.69 Å². The zero-order valence-corrected chi connectivity index (χ0v) is 13.3. The summed E-state index contributed by atoms with van der Waals surface area (Å²) in [7, 11) is -1.50. The largest absolute Gasteiger partial charge is 0.397 e. The maximum absolute atomic E-state index is 12.7. The van der Waals surface area contributed by atoms with Crippen LogP contribution >= 0.6 is 11.6 Å². The number of nitrogen functional groups attached to an aromatic ring is 1. The van der Waals surface area contributed by atoms with E-state index in [2.05, 4.69) is 4.90 Å². The highest BCUT2D eigenvalue weighted by Gasteiger charge is 2.27. The molecule has 1 heterocycles. The average Bonchev–Trinajstić information content (AvgIpc) is 2.60. The molecule has 0 amide bonds. The van der Waals surface area contributed by atoms with E-state index in [1.165, 1.54) is 10.4 Å². The first kappa shape index (κ1) is 15.6. The summed E-state index contributed by atoms with van der Waals surface area (Å²) in [6.45, 7) is 4.44. The van der Waals surface area contributed by atoms with Crippen molar-refractivity contribution in [3.8, 4) is 0 Å². The number of aryl methyl sites for hydroxylation is 1. The van der Waals surface area contributed by atoms with Gasteiger partial charge in [0.25, 0.3) is 0 Å². The standard InChI is InChI=1S/C13H20ClN3O2S/c1-10-8-11(9-12(15)13(10)14)20(18,19)17-5-3-4-16(2)6-7-17/h8-9H,3-7,15H2,1-2H3. The van der Waals surface area contributed by atoms with Gasteiger partial charge in [0.05, 0.1) is 15.6 Å². The molecule has 5 nitrogen and oxygen atoms in total.